The molecule has 0 aliphatic heterocycles. The van der Waals surface area contributed by atoms with Crippen LogP contribution in [0.4, 0.5) is 5.69 Å². The maximum atomic E-state index is 12.5. The molecule has 134 valence electrons. The Kier molecular flexibility index (Phi) is 6.01. The zero-order chi connectivity index (χ0) is 18.6. The summed E-state index contributed by atoms with van der Waals surface area (Å²) in [6.45, 7) is 7.80. The highest BCUT2D eigenvalue weighted by Gasteiger charge is 2.21. The van der Waals surface area contributed by atoms with Gasteiger partial charge in [-0.05, 0) is 61.1 Å². The molecule has 2 aromatic rings. The van der Waals surface area contributed by atoms with Crippen LogP contribution in [0.1, 0.15) is 36.1 Å². The van der Waals surface area contributed by atoms with Crippen molar-refractivity contribution in [2.24, 2.45) is 0 Å². The molecule has 1 N–H and O–H groups in total. The van der Waals surface area contributed by atoms with E-state index in [9.17, 15) is 13.2 Å². The zero-order valence-corrected chi connectivity index (χ0v) is 16.0. The summed E-state index contributed by atoms with van der Waals surface area (Å²) >= 11 is 0. The van der Waals surface area contributed by atoms with Crippen LogP contribution in [-0.4, -0.2) is 20.1 Å². The minimum absolute atomic E-state index is 0.185. The van der Waals surface area contributed by atoms with Crippen LogP contribution in [0, 0.1) is 13.8 Å². The van der Waals surface area contributed by atoms with Gasteiger partial charge >= 0.3 is 0 Å². The van der Waals surface area contributed by atoms with Crippen LogP contribution in [0.25, 0.3) is 0 Å². The summed E-state index contributed by atoms with van der Waals surface area (Å²) in [6, 6.07) is 10.8. The standard InChI is InChI=1S/C20H25NO3S/c1-5-16-8-7-9-17(6-2)20(16)21-19(22)13-25(23,24)18-11-10-14(3)15(4)12-18/h7-12H,5-6,13H2,1-4H3,(H,21,22). The molecule has 0 aromatic heterocycles. The molecule has 25 heavy (non-hydrogen) atoms. The fourth-order valence-electron chi connectivity index (χ4n) is 2.74. The lowest BCUT2D eigenvalue weighted by molar-refractivity contribution is -0.113. The molecule has 2 aromatic carbocycles. The van der Waals surface area contributed by atoms with Gasteiger partial charge in [-0.3, -0.25) is 4.79 Å². The number of carbonyl (C=O) groups is 1. The van der Waals surface area contributed by atoms with Crippen molar-refractivity contribution in [3.05, 3.63) is 58.7 Å². The fourth-order valence-corrected chi connectivity index (χ4v) is 3.96. The van der Waals surface area contributed by atoms with Gasteiger partial charge in [-0.15, -0.1) is 0 Å². The minimum Gasteiger partial charge on any atom is -0.325 e. The van der Waals surface area contributed by atoms with Crippen LogP contribution in [-0.2, 0) is 27.5 Å². The highest BCUT2D eigenvalue weighted by molar-refractivity contribution is 7.92. The highest BCUT2D eigenvalue weighted by Crippen LogP contribution is 2.23. The third kappa shape index (κ3) is 4.48. The van der Waals surface area contributed by atoms with Crippen LogP contribution < -0.4 is 5.32 Å². The summed E-state index contributed by atoms with van der Waals surface area (Å²) in [5.74, 6) is -1.06. The van der Waals surface area contributed by atoms with E-state index in [-0.39, 0.29) is 4.90 Å². The lowest BCUT2D eigenvalue weighted by Gasteiger charge is -2.14. The normalized spacial score (nSPS) is 11.4. The van der Waals surface area contributed by atoms with Crippen LogP contribution >= 0.6 is 0 Å². The number of amides is 1. The Labute approximate surface area is 150 Å². The van der Waals surface area contributed by atoms with Gasteiger partial charge in [-0.25, -0.2) is 8.42 Å². The molecule has 2 rings (SSSR count). The predicted octanol–water partition coefficient (Wildman–Crippen LogP) is 3.84. The lowest BCUT2D eigenvalue weighted by Crippen LogP contribution is -2.24. The molecule has 0 saturated heterocycles. The van der Waals surface area contributed by atoms with E-state index in [1.807, 2.05) is 45.9 Å². The summed E-state index contributed by atoms with van der Waals surface area (Å²) in [4.78, 5) is 12.6. The Morgan fingerprint density at radius 3 is 2.08 bits per heavy atom. The fraction of sp³-hybridized carbons (Fsp3) is 0.350. The third-order valence-electron chi connectivity index (χ3n) is 4.42. The van der Waals surface area contributed by atoms with E-state index < -0.39 is 21.5 Å². The molecule has 1 amide bonds. The lowest BCUT2D eigenvalue weighted by atomic mass is 10.0. The van der Waals surface area contributed by atoms with Gasteiger partial charge in [0.05, 0.1) is 4.90 Å². The average molecular weight is 359 g/mol. The van der Waals surface area contributed by atoms with Crippen molar-refractivity contribution in [3.63, 3.8) is 0 Å². The van der Waals surface area contributed by atoms with Crippen LogP contribution in [0.3, 0.4) is 0 Å². The second kappa shape index (κ2) is 7.83. The van der Waals surface area contributed by atoms with E-state index in [2.05, 4.69) is 5.32 Å². The molecule has 0 saturated carbocycles. The molecule has 0 spiro atoms. The highest BCUT2D eigenvalue weighted by atomic mass is 32.2. The summed E-state index contributed by atoms with van der Waals surface area (Å²) in [6.07, 6.45) is 1.54. The van der Waals surface area contributed by atoms with Gasteiger partial charge in [0.2, 0.25) is 5.91 Å². The van der Waals surface area contributed by atoms with Crippen molar-refractivity contribution in [2.45, 2.75) is 45.4 Å². The SMILES string of the molecule is CCc1cccc(CC)c1NC(=O)CS(=O)(=O)c1ccc(C)c(C)c1. The Bertz CT molecular complexity index is 864. The smallest absolute Gasteiger partial charge is 0.239 e. The molecular formula is C20H25NO3S. The number of sulfone groups is 1. The van der Waals surface area contributed by atoms with Crippen molar-refractivity contribution in [1.29, 1.82) is 0 Å². The van der Waals surface area contributed by atoms with Gasteiger partial charge in [0.15, 0.2) is 9.84 Å². The van der Waals surface area contributed by atoms with Crippen molar-refractivity contribution in [1.82, 2.24) is 0 Å². The van der Waals surface area contributed by atoms with Crippen molar-refractivity contribution in [2.75, 3.05) is 11.1 Å². The Balaban J connectivity index is 2.24. The summed E-state index contributed by atoms with van der Waals surface area (Å²) in [5.41, 5.74) is 4.68. The minimum atomic E-state index is -3.67. The molecule has 0 radical (unpaired) electrons. The number of benzene rings is 2. The largest absolute Gasteiger partial charge is 0.325 e. The van der Waals surface area contributed by atoms with Crippen LogP contribution in [0.5, 0.6) is 0 Å². The van der Waals surface area contributed by atoms with Gasteiger partial charge in [0, 0.05) is 5.69 Å². The number of anilines is 1. The van der Waals surface area contributed by atoms with E-state index in [0.717, 1.165) is 40.8 Å². The first-order chi connectivity index (χ1) is 11.8. The summed E-state index contributed by atoms with van der Waals surface area (Å²) < 4.78 is 25.1. The predicted molar refractivity (Wildman–Crippen MR) is 102 cm³/mol. The molecule has 0 bridgehead atoms. The summed E-state index contributed by atoms with van der Waals surface area (Å²) in [5, 5.41) is 2.81. The molecule has 0 fully saturated rings. The number of rotatable bonds is 6. The molecule has 4 nitrogen and oxygen atoms in total. The molecule has 0 aliphatic carbocycles. The quantitative estimate of drug-likeness (QED) is 0.852. The van der Waals surface area contributed by atoms with Gasteiger partial charge in [0.25, 0.3) is 0 Å². The Hall–Kier alpha value is -2.14. The maximum Gasteiger partial charge on any atom is 0.239 e. The molecular weight excluding hydrogens is 334 g/mol. The number of para-hydroxylation sites is 1. The average Bonchev–Trinajstić information content (AvgIpc) is 2.56. The van der Waals surface area contributed by atoms with Crippen molar-refractivity contribution < 1.29 is 13.2 Å². The maximum absolute atomic E-state index is 12.5. The summed E-state index contributed by atoms with van der Waals surface area (Å²) in [7, 11) is -3.67. The van der Waals surface area contributed by atoms with Gasteiger partial charge in [-0.2, -0.15) is 0 Å². The van der Waals surface area contributed by atoms with E-state index in [1.165, 1.54) is 0 Å². The Morgan fingerprint density at radius 1 is 0.960 bits per heavy atom. The number of nitrogens with one attached hydrogen (secondary N) is 1. The van der Waals surface area contributed by atoms with Crippen LogP contribution in [0.15, 0.2) is 41.3 Å². The van der Waals surface area contributed by atoms with Crippen LogP contribution in [0.2, 0.25) is 0 Å². The van der Waals surface area contributed by atoms with Gasteiger partial charge < -0.3 is 5.32 Å². The first kappa shape index (κ1) is 19.2. The topological polar surface area (TPSA) is 63.2 Å². The second-order valence-electron chi connectivity index (χ2n) is 6.21. The first-order valence-corrected chi connectivity index (χ1v) is 10.1. The van der Waals surface area contributed by atoms with Crippen molar-refractivity contribution in [3.8, 4) is 0 Å². The van der Waals surface area contributed by atoms with Gasteiger partial charge in [-0.1, -0.05) is 38.1 Å². The number of aryl methyl sites for hydroxylation is 4. The molecule has 0 atom stereocenters. The Morgan fingerprint density at radius 2 is 1.56 bits per heavy atom. The first-order valence-electron chi connectivity index (χ1n) is 8.49. The number of carbonyl (C=O) groups excluding carboxylic acids is 1. The number of hydrogen-bond acceptors (Lipinski definition) is 3. The van der Waals surface area contributed by atoms with Crippen molar-refractivity contribution >= 4 is 21.4 Å². The zero-order valence-electron chi connectivity index (χ0n) is 15.2. The second-order valence-corrected chi connectivity index (χ2v) is 8.20. The molecule has 0 unspecified atom stereocenters. The third-order valence-corrected chi connectivity index (χ3v) is 6.04. The van der Waals surface area contributed by atoms with E-state index in [1.54, 1.807) is 18.2 Å². The van der Waals surface area contributed by atoms with E-state index in [4.69, 9.17) is 0 Å². The molecule has 0 heterocycles. The van der Waals surface area contributed by atoms with Gasteiger partial charge in [0.1, 0.15) is 5.75 Å². The molecule has 0 aliphatic rings. The monoisotopic (exact) mass is 359 g/mol. The number of hydrogen-bond donors (Lipinski definition) is 1. The van der Waals surface area contributed by atoms with E-state index in [0.29, 0.717) is 0 Å². The molecule has 5 heteroatoms. The van der Waals surface area contributed by atoms with E-state index >= 15 is 0 Å².